The van der Waals surface area contributed by atoms with Crippen molar-refractivity contribution < 1.29 is 4.74 Å². The van der Waals surface area contributed by atoms with Crippen molar-refractivity contribution in [2.75, 3.05) is 6.61 Å². The van der Waals surface area contributed by atoms with Crippen LogP contribution in [0.2, 0.25) is 0 Å². The Kier molecular flexibility index (Phi) is 5.07. The molecular weight excluding hydrogens is 220 g/mol. The summed E-state index contributed by atoms with van der Waals surface area (Å²) in [5.41, 5.74) is 2.62. The summed E-state index contributed by atoms with van der Waals surface area (Å²) in [7, 11) is 0. The van der Waals surface area contributed by atoms with Gasteiger partial charge in [0.1, 0.15) is 0 Å². The lowest BCUT2D eigenvalue weighted by molar-refractivity contribution is 0.256. The number of benzene rings is 1. The maximum atomic E-state index is 5.34. The van der Waals surface area contributed by atoms with Crippen molar-refractivity contribution >= 4 is 6.08 Å². The van der Waals surface area contributed by atoms with Crippen LogP contribution < -0.4 is 0 Å². The molecule has 92 valence electrons. The predicted octanol–water partition coefficient (Wildman–Crippen LogP) is 4.29. The van der Waals surface area contributed by atoms with Crippen LogP contribution in [0, 0.1) is 0 Å². The molecule has 0 saturated heterocycles. The number of allylic oxidation sites excluding steroid dienone is 5. The Morgan fingerprint density at radius 1 is 0.889 bits per heavy atom. The van der Waals surface area contributed by atoms with E-state index in [9.17, 15) is 0 Å². The molecule has 0 unspecified atom stereocenters. The third-order valence-electron chi connectivity index (χ3n) is 2.74. The zero-order valence-corrected chi connectivity index (χ0v) is 10.5. The van der Waals surface area contributed by atoms with Crippen molar-refractivity contribution in [1.29, 1.82) is 0 Å². The highest BCUT2D eigenvalue weighted by Gasteiger charge is 1.95. The van der Waals surface area contributed by atoms with Gasteiger partial charge in [-0.1, -0.05) is 60.7 Å². The molecule has 0 N–H and O–H groups in total. The van der Waals surface area contributed by atoms with Crippen LogP contribution in [0.5, 0.6) is 0 Å². The molecule has 0 spiro atoms. The van der Waals surface area contributed by atoms with E-state index in [1.54, 1.807) is 6.26 Å². The Bertz CT molecular complexity index is 478. The average molecular weight is 238 g/mol. The first-order valence-corrected chi connectivity index (χ1v) is 6.31. The van der Waals surface area contributed by atoms with E-state index >= 15 is 0 Å². The van der Waals surface area contributed by atoms with Crippen LogP contribution >= 0.6 is 0 Å². The fraction of sp³-hybridized carbons (Fsp3) is 0.176. The molecule has 2 rings (SSSR count). The molecule has 0 aromatic heterocycles. The highest BCUT2D eigenvalue weighted by molar-refractivity contribution is 5.55. The Morgan fingerprint density at radius 3 is 2.78 bits per heavy atom. The molecule has 0 amide bonds. The number of ether oxygens (including phenoxy) is 1. The fourth-order valence-electron chi connectivity index (χ4n) is 1.80. The second-order valence-electron chi connectivity index (χ2n) is 4.11. The zero-order valence-electron chi connectivity index (χ0n) is 10.5. The fourth-order valence-corrected chi connectivity index (χ4v) is 1.80. The summed E-state index contributed by atoms with van der Waals surface area (Å²) in [5, 5.41) is 0. The van der Waals surface area contributed by atoms with E-state index in [2.05, 4.69) is 54.6 Å². The molecule has 1 nitrogen and oxygen atoms in total. The summed E-state index contributed by atoms with van der Waals surface area (Å²) in [6.45, 7) is 0.727. The first-order chi connectivity index (χ1) is 8.97. The first-order valence-electron chi connectivity index (χ1n) is 6.31. The van der Waals surface area contributed by atoms with Gasteiger partial charge in [0.05, 0.1) is 12.9 Å². The summed E-state index contributed by atoms with van der Waals surface area (Å²) < 4.78 is 5.34. The lowest BCUT2D eigenvalue weighted by Gasteiger charge is -2.02. The van der Waals surface area contributed by atoms with E-state index < -0.39 is 0 Å². The summed E-state index contributed by atoms with van der Waals surface area (Å²) in [6, 6.07) is 8.48. The van der Waals surface area contributed by atoms with Crippen molar-refractivity contribution in [3.05, 3.63) is 78.1 Å². The van der Waals surface area contributed by atoms with E-state index in [1.165, 1.54) is 11.1 Å². The van der Waals surface area contributed by atoms with Gasteiger partial charge in [0.15, 0.2) is 0 Å². The van der Waals surface area contributed by atoms with E-state index in [-0.39, 0.29) is 0 Å². The number of hydrogen-bond acceptors (Lipinski definition) is 1. The van der Waals surface area contributed by atoms with Crippen LogP contribution in [-0.4, -0.2) is 6.61 Å². The molecule has 18 heavy (non-hydrogen) atoms. The lowest BCUT2D eigenvalue weighted by Crippen LogP contribution is -1.86. The molecule has 1 aliphatic rings. The molecule has 0 fully saturated rings. The van der Waals surface area contributed by atoms with Crippen LogP contribution in [-0.2, 0) is 11.2 Å². The Morgan fingerprint density at radius 2 is 1.78 bits per heavy atom. The minimum atomic E-state index is 0.727. The Labute approximate surface area is 109 Å². The van der Waals surface area contributed by atoms with Gasteiger partial charge in [-0.2, -0.15) is 0 Å². The maximum Gasteiger partial charge on any atom is 0.0907 e. The largest absolute Gasteiger partial charge is 0.501 e. The number of hydrogen-bond donors (Lipinski definition) is 0. The van der Waals surface area contributed by atoms with Gasteiger partial charge in [0.2, 0.25) is 0 Å². The van der Waals surface area contributed by atoms with Crippen molar-refractivity contribution in [3.63, 3.8) is 0 Å². The van der Waals surface area contributed by atoms with Crippen molar-refractivity contribution in [3.8, 4) is 0 Å². The smallest absolute Gasteiger partial charge is 0.0907 e. The SMILES string of the molecule is C1=C\Cc2ccccc2/C=C/C=C\CCO/C=C/1. The van der Waals surface area contributed by atoms with E-state index in [4.69, 9.17) is 4.74 Å². The third-order valence-corrected chi connectivity index (χ3v) is 2.74. The summed E-state index contributed by atoms with van der Waals surface area (Å²) in [5.74, 6) is 0. The van der Waals surface area contributed by atoms with E-state index in [1.807, 2.05) is 12.2 Å². The zero-order chi connectivity index (χ0) is 12.5. The summed E-state index contributed by atoms with van der Waals surface area (Å²) in [4.78, 5) is 0. The van der Waals surface area contributed by atoms with Gasteiger partial charge in [-0.05, 0) is 30.0 Å². The molecule has 0 atom stereocenters. The van der Waals surface area contributed by atoms with Crippen LogP contribution in [0.4, 0.5) is 0 Å². The van der Waals surface area contributed by atoms with Crippen LogP contribution in [0.1, 0.15) is 17.5 Å². The van der Waals surface area contributed by atoms with E-state index in [0.29, 0.717) is 0 Å². The minimum Gasteiger partial charge on any atom is -0.501 e. The molecule has 0 bridgehead atoms. The normalized spacial score (nSPS) is 22.9. The Hall–Kier alpha value is -2.02. The second kappa shape index (κ2) is 7.33. The Balaban J connectivity index is 2.19. The lowest BCUT2D eigenvalue weighted by atomic mass is 10.0. The summed E-state index contributed by atoms with van der Waals surface area (Å²) >= 11 is 0. The molecule has 0 radical (unpaired) electrons. The van der Waals surface area contributed by atoms with E-state index in [0.717, 1.165) is 19.4 Å². The predicted molar refractivity (Wildman–Crippen MR) is 77.2 cm³/mol. The molecule has 1 heterocycles. The number of rotatable bonds is 0. The third kappa shape index (κ3) is 4.10. The molecule has 1 aromatic carbocycles. The number of fused-ring (bicyclic) bond motifs is 1. The highest BCUT2D eigenvalue weighted by Crippen LogP contribution is 2.12. The average Bonchev–Trinajstić information content (AvgIpc) is 2.41. The molecule has 1 heteroatoms. The maximum absolute atomic E-state index is 5.34. The standard InChI is InChI=1S/C17H18O/c1-2-8-14-18-15-9-3-5-11-17-13-7-6-12-16(17)10-4-1/h1-7,9-10,12-13,15H,8,11,14H2/b2-1-,5-3-,10-4+,15-9+. The van der Waals surface area contributed by atoms with Gasteiger partial charge in [-0.15, -0.1) is 0 Å². The molecule has 0 aliphatic carbocycles. The van der Waals surface area contributed by atoms with Crippen LogP contribution in [0.25, 0.3) is 6.08 Å². The summed E-state index contributed by atoms with van der Waals surface area (Å²) in [6.07, 6.45) is 18.2. The van der Waals surface area contributed by atoms with Gasteiger partial charge >= 0.3 is 0 Å². The van der Waals surface area contributed by atoms with Gasteiger partial charge in [0, 0.05) is 0 Å². The highest BCUT2D eigenvalue weighted by atomic mass is 16.5. The topological polar surface area (TPSA) is 9.23 Å². The molecular formula is C17H18O. The van der Waals surface area contributed by atoms with Crippen molar-refractivity contribution in [2.24, 2.45) is 0 Å². The van der Waals surface area contributed by atoms with Crippen LogP contribution in [0.15, 0.2) is 67.0 Å². The molecule has 0 saturated carbocycles. The van der Waals surface area contributed by atoms with Gasteiger partial charge in [0.25, 0.3) is 0 Å². The quantitative estimate of drug-likeness (QED) is 0.655. The van der Waals surface area contributed by atoms with Gasteiger partial charge in [-0.25, -0.2) is 0 Å². The van der Waals surface area contributed by atoms with Crippen molar-refractivity contribution in [1.82, 2.24) is 0 Å². The first kappa shape index (κ1) is 12.4. The van der Waals surface area contributed by atoms with Crippen molar-refractivity contribution in [2.45, 2.75) is 12.8 Å². The molecule has 1 aliphatic heterocycles. The van der Waals surface area contributed by atoms with Crippen LogP contribution in [0.3, 0.4) is 0 Å². The minimum absolute atomic E-state index is 0.727. The molecule has 1 aromatic rings. The van der Waals surface area contributed by atoms with Gasteiger partial charge in [-0.3, -0.25) is 0 Å². The second-order valence-corrected chi connectivity index (χ2v) is 4.11. The van der Waals surface area contributed by atoms with Gasteiger partial charge < -0.3 is 4.74 Å². The monoisotopic (exact) mass is 238 g/mol.